The Bertz CT molecular complexity index is 658. The number of carbonyl (C=O) groups excluding carboxylic acids is 1. The minimum atomic E-state index is -0.197. The lowest BCUT2D eigenvalue weighted by Crippen LogP contribution is -2.26. The second kappa shape index (κ2) is 7.71. The molecule has 0 saturated carbocycles. The van der Waals surface area contributed by atoms with E-state index in [0.29, 0.717) is 35.1 Å². The molecule has 2 aromatic rings. The first kappa shape index (κ1) is 16.2. The first-order valence-corrected chi connectivity index (χ1v) is 7.27. The highest BCUT2D eigenvalue weighted by molar-refractivity contribution is 6.30. The summed E-state index contributed by atoms with van der Waals surface area (Å²) in [4.78, 5) is 12.3. The Kier molecular flexibility index (Phi) is 5.67. The molecule has 1 N–H and O–H groups in total. The lowest BCUT2D eigenvalue weighted by molar-refractivity contribution is 0.0950. The number of hydrogen-bond donors (Lipinski definition) is 1. The van der Waals surface area contributed by atoms with Gasteiger partial charge in [-0.1, -0.05) is 29.8 Å². The predicted molar refractivity (Wildman–Crippen MR) is 87.0 cm³/mol. The molecule has 0 radical (unpaired) electrons. The van der Waals surface area contributed by atoms with Crippen molar-refractivity contribution < 1.29 is 14.3 Å². The van der Waals surface area contributed by atoms with Gasteiger partial charge in [-0.15, -0.1) is 0 Å². The average Bonchev–Trinajstić information content (AvgIpc) is 2.53. The van der Waals surface area contributed by atoms with Crippen LogP contribution in [0.15, 0.2) is 42.5 Å². The Morgan fingerprint density at radius 1 is 1.14 bits per heavy atom. The highest BCUT2D eigenvalue weighted by Crippen LogP contribution is 2.30. The normalized spacial score (nSPS) is 10.1. The summed E-state index contributed by atoms with van der Waals surface area (Å²) in [5.41, 5.74) is 1.53. The van der Waals surface area contributed by atoms with Gasteiger partial charge in [0.25, 0.3) is 5.91 Å². The van der Waals surface area contributed by atoms with Crippen molar-refractivity contribution in [1.82, 2.24) is 5.32 Å². The van der Waals surface area contributed by atoms with Gasteiger partial charge in [-0.3, -0.25) is 4.79 Å². The molecule has 0 fully saturated rings. The maximum Gasteiger partial charge on any atom is 0.255 e. The lowest BCUT2D eigenvalue weighted by Gasteiger charge is -2.12. The second-order valence-electron chi connectivity index (χ2n) is 4.68. The van der Waals surface area contributed by atoms with Crippen LogP contribution in [0.2, 0.25) is 5.02 Å². The molecule has 22 heavy (non-hydrogen) atoms. The molecule has 0 bridgehead atoms. The number of nitrogens with one attached hydrogen (secondary N) is 1. The van der Waals surface area contributed by atoms with E-state index < -0.39 is 0 Å². The molecule has 0 aliphatic rings. The minimum Gasteiger partial charge on any atom is -0.493 e. The monoisotopic (exact) mass is 319 g/mol. The third-order valence-corrected chi connectivity index (χ3v) is 3.47. The molecule has 0 spiro atoms. The van der Waals surface area contributed by atoms with Gasteiger partial charge in [0.05, 0.1) is 19.8 Å². The van der Waals surface area contributed by atoms with Gasteiger partial charge >= 0.3 is 0 Å². The lowest BCUT2D eigenvalue weighted by atomic mass is 10.1. The summed E-state index contributed by atoms with van der Waals surface area (Å²) in [5, 5.41) is 3.57. The highest BCUT2D eigenvalue weighted by atomic mass is 35.5. The van der Waals surface area contributed by atoms with Gasteiger partial charge in [0.2, 0.25) is 0 Å². The van der Waals surface area contributed by atoms with E-state index in [4.69, 9.17) is 21.1 Å². The van der Waals surface area contributed by atoms with E-state index in [0.717, 1.165) is 5.56 Å². The Balaban J connectivity index is 2.01. The summed E-state index contributed by atoms with van der Waals surface area (Å²) in [7, 11) is 3.05. The fraction of sp³-hybridized carbons (Fsp3) is 0.235. The van der Waals surface area contributed by atoms with E-state index in [1.807, 2.05) is 24.3 Å². The summed E-state index contributed by atoms with van der Waals surface area (Å²) >= 11 is 5.94. The van der Waals surface area contributed by atoms with Crippen LogP contribution in [-0.4, -0.2) is 26.7 Å². The number of hydrogen-bond acceptors (Lipinski definition) is 3. The van der Waals surface area contributed by atoms with Crippen molar-refractivity contribution >= 4 is 17.5 Å². The first-order chi connectivity index (χ1) is 10.7. The zero-order valence-corrected chi connectivity index (χ0v) is 13.3. The second-order valence-corrected chi connectivity index (χ2v) is 5.11. The van der Waals surface area contributed by atoms with Gasteiger partial charge < -0.3 is 14.8 Å². The summed E-state index contributed by atoms with van der Waals surface area (Å²) in [6, 6.07) is 12.8. The molecular weight excluding hydrogens is 302 g/mol. The first-order valence-electron chi connectivity index (χ1n) is 6.89. The van der Waals surface area contributed by atoms with Crippen LogP contribution < -0.4 is 14.8 Å². The smallest absolute Gasteiger partial charge is 0.255 e. The largest absolute Gasteiger partial charge is 0.493 e. The van der Waals surface area contributed by atoms with Gasteiger partial charge in [-0.25, -0.2) is 0 Å². The third kappa shape index (κ3) is 3.92. The zero-order valence-electron chi connectivity index (χ0n) is 12.6. The fourth-order valence-corrected chi connectivity index (χ4v) is 2.39. The standard InChI is InChI=1S/C17H18ClNO3/c1-21-15-8-4-7-14(16(15)22-2)17(20)19-10-9-12-5-3-6-13(18)11-12/h3-8,11H,9-10H2,1-2H3,(H,19,20). The van der Waals surface area contributed by atoms with E-state index in [-0.39, 0.29) is 5.91 Å². The molecule has 0 aliphatic heterocycles. The number of ether oxygens (including phenoxy) is 2. The summed E-state index contributed by atoms with van der Waals surface area (Å²) in [6.07, 6.45) is 0.707. The predicted octanol–water partition coefficient (Wildman–Crippen LogP) is 3.33. The van der Waals surface area contributed by atoms with Gasteiger partial charge in [0.15, 0.2) is 11.5 Å². The van der Waals surface area contributed by atoms with Crippen LogP contribution in [-0.2, 0) is 6.42 Å². The van der Waals surface area contributed by atoms with Crippen LogP contribution in [0.25, 0.3) is 0 Å². The molecule has 0 unspecified atom stereocenters. The van der Waals surface area contributed by atoms with Crippen LogP contribution in [0.4, 0.5) is 0 Å². The van der Waals surface area contributed by atoms with E-state index in [1.54, 1.807) is 25.3 Å². The molecule has 116 valence electrons. The Morgan fingerprint density at radius 3 is 2.59 bits per heavy atom. The van der Waals surface area contributed by atoms with Crippen LogP contribution in [0.5, 0.6) is 11.5 Å². The van der Waals surface area contributed by atoms with Crippen LogP contribution in [0, 0.1) is 0 Å². The number of halogens is 1. The topological polar surface area (TPSA) is 47.6 Å². The summed E-state index contributed by atoms with van der Waals surface area (Å²) in [6.45, 7) is 0.513. The Morgan fingerprint density at radius 2 is 1.91 bits per heavy atom. The SMILES string of the molecule is COc1cccc(C(=O)NCCc2cccc(Cl)c2)c1OC. The maximum atomic E-state index is 12.3. The van der Waals surface area contributed by atoms with E-state index in [2.05, 4.69) is 5.32 Å². The molecule has 2 aromatic carbocycles. The van der Waals surface area contributed by atoms with Crippen molar-refractivity contribution in [3.05, 3.63) is 58.6 Å². The zero-order chi connectivity index (χ0) is 15.9. The van der Waals surface area contributed by atoms with Crippen molar-refractivity contribution in [2.75, 3.05) is 20.8 Å². The van der Waals surface area contributed by atoms with Gasteiger partial charge in [0, 0.05) is 11.6 Å². The molecule has 1 amide bonds. The number of carbonyl (C=O) groups is 1. The molecule has 0 heterocycles. The van der Waals surface area contributed by atoms with E-state index in [1.165, 1.54) is 7.11 Å². The summed E-state index contributed by atoms with van der Waals surface area (Å²) in [5.74, 6) is 0.771. The maximum absolute atomic E-state index is 12.3. The van der Waals surface area contributed by atoms with Crippen LogP contribution in [0.1, 0.15) is 15.9 Å². The molecule has 0 atom stereocenters. The minimum absolute atomic E-state index is 0.197. The number of methoxy groups -OCH3 is 2. The average molecular weight is 320 g/mol. The summed E-state index contributed by atoms with van der Waals surface area (Å²) < 4.78 is 10.5. The fourth-order valence-electron chi connectivity index (χ4n) is 2.17. The molecule has 0 aromatic heterocycles. The molecule has 5 heteroatoms. The molecule has 0 saturated heterocycles. The van der Waals surface area contributed by atoms with E-state index in [9.17, 15) is 4.79 Å². The number of para-hydroxylation sites is 1. The van der Waals surface area contributed by atoms with Crippen molar-refractivity contribution in [3.63, 3.8) is 0 Å². The number of amides is 1. The number of rotatable bonds is 6. The van der Waals surface area contributed by atoms with Gasteiger partial charge in [-0.05, 0) is 36.2 Å². The van der Waals surface area contributed by atoms with Crippen molar-refractivity contribution in [1.29, 1.82) is 0 Å². The third-order valence-electron chi connectivity index (χ3n) is 3.24. The molecule has 4 nitrogen and oxygen atoms in total. The highest BCUT2D eigenvalue weighted by Gasteiger charge is 2.15. The van der Waals surface area contributed by atoms with Crippen LogP contribution >= 0.6 is 11.6 Å². The Labute approximate surface area is 135 Å². The van der Waals surface area contributed by atoms with Crippen molar-refractivity contribution in [3.8, 4) is 11.5 Å². The number of benzene rings is 2. The van der Waals surface area contributed by atoms with E-state index >= 15 is 0 Å². The quantitative estimate of drug-likeness (QED) is 0.888. The van der Waals surface area contributed by atoms with Crippen molar-refractivity contribution in [2.45, 2.75) is 6.42 Å². The van der Waals surface area contributed by atoms with Crippen molar-refractivity contribution in [2.24, 2.45) is 0 Å². The van der Waals surface area contributed by atoms with Gasteiger partial charge in [0.1, 0.15) is 0 Å². The van der Waals surface area contributed by atoms with Gasteiger partial charge in [-0.2, -0.15) is 0 Å². The molecule has 2 rings (SSSR count). The van der Waals surface area contributed by atoms with Crippen LogP contribution in [0.3, 0.4) is 0 Å². The molecular formula is C17H18ClNO3. The Hall–Kier alpha value is -2.20. The molecule has 0 aliphatic carbocycles.